The first-order valence-electron chi connectivity index (χ1n) is 6.46. The lowest BCUT2D eigenvalue weighted by molar-refractivity contribution is -0.148. The Hall–Kier alpha value is -1.91. The van der Waals surface area contributed by atoms with Crippen LogP contribution in [0.25, 0.3) is 0 Å². The molecular weight excluding hydrogens is 244 g/mol. The highest BCUT2D eigenvalue weighted by molar-refractivity contribution is 5.85. The minimum atomic E-state index is -0.854. The van der Waals surface area contributed by atoms with Crippen molar-refractivity contribution in [2.24, 2.45) is 11.8 Å². The summed E-state index contributed by atoms with van der Waals surface area (Å²) in [6, 6.07) is 3.71. The van der Waals surface area contributed by atoms with Crippen LogP contribution in [-0.2, 0) is 16.1 Å². The SMILES string of the molecule is CN(Cc1ccncc1)C(=O)[C@@H]1CCC[C@@H]1C(=O)O. The average Bonchev–Trinajstić information content (AvgIpc) is 2.88. The van der Waals surface area contributed by atoms with Crippen LogP contribution in [0.5, 0.6) is 0 Å². The van der Waals surface area contributed by atoms with Crippen molar-refractivity contribution in [3.8, 4) is 0 Å². The van der Waals surface area contributed by atoms with E-state index in [0.717, 1.165) is 12.0 Å². The van der Waals surface area contributed by atoms with Crippen LogP contribution in [0.3, 0.4) is 0 Å². The van der Waals surface area contributed by atoms with Crippen molar-refractivity contribution in [1.29, 1.82) is 0 Å². The molecule has 0 saturated heterocycles. The third-order valence-corrected chi connectivity index (χ3v) is 3.70. The van der Waals surface area contributed by atoms with E-state index >= 15 is 0 Å². The molecule has 0 bridgehead atoms. The first-order valence-corrected chi connectivity index (χ1v) is 6.46. The third kappa shape index (κ3) is 3.10. The molecule has 0 unspecified atom stereocenters. The van der Waals surface area contributed by atoms with Gasteiger partial charge in [0.25, 0.3) is 0 Å². The number of aromatic nitrogens is 1. The van der Waals surface area contributed by atoms with Crippen molar-refractivity contribution in [3.63, 3.8) is 0 Å². The van der Waals surface area contributed by atoms with Crippen molar-refractivity contribution >= 4 is 11.9 Å². The summed E-state index contributed by atoms with van der Waals surface area (Å²) in [6.45, 7) is 0.490. The Labute approximate surface area is 112 Å². The summed E-state index contributed by atoms with van der Waals surface area (Å²) in [5.74, 6) is -1.81. The third-order valence-electron chi connectivity index (χ3n) is 3.70. The molecule has 0 radical (unpaired) electrons. The van der Waals surface area contributed by atoms with E-state index in [1.54, 1.807) is 24.3 Å². The number of pyridine rings is 1. The largest absolute Gasteiger partial charge is 0.481 e. The Morgan fingerprint density at radius 2 is 1.95 bits per heavy atom. The van der Waals surface area contributed by atoms with Gasteiger partial charge in [-0.1, -0.05) is 6.42 Å². The molecule has 102 valence electrons. The first kappa shape index (κ1) is 13.5. The van der Waals surface area contributed by atoms with E-state index in [-0.39, 0.29) is 11.8 Å². The van der Waals surface area contributed by atoms with E-state index in [2.05, 4.69) is 4.98 Å². The van der Waals surface area contributed by atoms with Crippen LogP contribution in [0.2, 0.25) is 0 Å². The van der Waals surface area contributed by atoms with Crippen molar-refractivity contribution in [2.75, 3.05) is 7.05 Å². The number of carbonyl (C=O) groups excluding carboxylic acids is 1. The maximum absolute atomic E-state index is 12.3. The number of rotatable bonds is 4. The second kappa shape index (κ2) is 5.82. The van der Waals surface area contributed by atoms with Gasteiger partial charge in [0.2, 0.25) is 5.91 Å². The predicted molar refractivity (Wildman–Crippen MR) is 69.2 cm³/mol. The lowest BCUT2D eigenvalue weighted by Crippen LogP contribution is -2.36. The number of hydrogen-bond acceptors (Lipinski definition) is 3. The topological polar surface area (TPSA) is 70.5 Å². The van der Waals surface area contributed by atoms with Gasteiger partial charge < -0.3 is 10.0 Å². The van der Waals surface area contributed by atoms with Crippen LogP contribution in [0, 0.1) is 11.8 Å². The van der Waals surface area contributed by atoms with Gasteiger partial charge in [-0.25, -0.2) is 0 Å². The van der Waals surface area contributed by atoms with Gasteiger partial charge in [0.1, 0.15) is 0 Å². The van der Waals surface area contributed by atoms with Gasteiger partial charge in [0, 0.05) is 26.0 Å². The molecule has 1 aliphatic rings. The van der Waals surface area contributed by atoms with E-state index in [4.69, 9.17) is 5.11 Å². The van der Waals surface area contributed by atoms with E-state index in [1.807, 2.05) is 12.1 Å². The van der Waals surface area contributed by atoms with E-state index in [0.29, 0.717) is 19.4 Å². The van der Waals surface area contributed by atoms with Crippen molar-refractivity contribution in [3.05, 3.63) is 30.1 Å². The molecule has 0 spiro atoms. The Kier molecular flexibility index (Phi) is 4.14. The highest BCUT2D eigenvalue weighted by atomic mass is 16.4. The van der Waals surface area contributed by atoms with Crippen molar-refractivity contribution in [2.45, 2.75) is 25.8 Å². The van der Waals surface area contributed by atoms with Crippen LogP contribution in [0.4, 0.5) is 0 Å². The summed E-state index contributed by atoms with van der Waals surface area (Å²) in [5.41, 5.74) is 0.996. The number of carboxylic acids is 1. The molecule has 1 N–H and O–H groups in total. The predicted octanol–water partition coefficient (Wildman–Crippen LogP) is 1.54. The van der Waals surface area contributed by atoms with Crippen LogP contribution >= 0.6 is 0 Å². The molecular formula is C14H18N2O3. The molecule has 1 aliphatic carbocycles. The monoisotopic (exact) mass is 262 g/mol. The molecule has 1 aromatic rings. The second-order valence-electron chi connectivity index (χ2n) is 5.03. The quantitative estimate of drug-likeness (QED) is 0.893. The normalized spacial score (nSPS) is 22.2. The lowest BCUT2D eigenvalue weighted by atomic mass is 9.95. The Bertz CT molecular complexity index is 461. The van der Waals surface area contributed by atoms with Gasteiger partial charge in [-0.05, 0) is 30.5 Å². The molecule has 19 heavy (non-hydrogen) atoms. The van der Waals surface area contributed by atoms with Gasteiger partial charge in [-0.2, -0.15) is 0 Å². The zero-order valence-corrected chi connectivity index (χ0v) is 11.0. The lowest BCUT2D eigenvalue weighted by Gasteiger charge is -2.23. The van der Waals surface area contributed by atoms with Gasteiger partial charge in [-0.3, -0.25) is 14.6 Å². The maximum atomic E-state index is 12.3. The molecule has 2 atom stereocenters. The smallest absolute Gasteiger partial charge is 0.307 e. The fourth-order valence-corrected chi connectivity index (χ4v) is 2.67. The highest BCUT2D eigenvalue weighted by Gasteiger charge is 2.38. The summed E-state index contributed by atoms with van der Waals surface area (Å²) in [4.78, 5) is 29.0. The number of nitrogens with zero attached hydrogens (tertiary/aromatic N) is 2. The summed E-state index contributed by atoms with van der Waals surface area (Å²) in [5, 5.41) is 9.13. The molecule has 0 aromatic carbocycles. The van der Waals surface area contributed by atoms with Crippen molar-refractivity contribution in [1.82, 2.24) is 9.88 Å². The van der Waals surface area contributed by atoms with Gasteiger partial charge in [0.15, 0.2) is 0 Å². The molecule has 1 amide bonds. The molecule has 5 heteroatoms. The Morgan fingerprint density at radius 1 is 1.32 bits per heavy atom. The summed E-state index contributed by atoms with van der Waals surface area (Å²) in [7, 11) is 1.72. The fourth-order valence-electron chi connectivity index (χ4n) is 2.67. The van der Waals surface area contributed by atoms with E-state index < -0.39 is 11.9 Å². The number of hydrogen-bond donors (Lipinski definition) is 1. The van der Waals surface area contributed by atoms with E-state index in [1.165, 1.54) is 0 Å². The number of carbonyl (C=O) groups is 2. The van der Waals surface area contributed by atoms with Crippen molar-refractivity contribution < 1.29 is 14.7 Å². The fraction of sp³-hybridized carbons (Fsp3) is 0.500. The number of aliphatic carboxylic acids is 1. The zero-order valence-electron chi connectivity index (χ0n) is 11.0. The molecule has 5 nitrogen and oxygen atoms in total. The maximum Gasteiger partial charge on any atom is 0.307 e. The summed E-state index contributed by atoms with van der Waals surface area (Å²) >= 11 is 0. The Morgan fingerprint density at radius 3 is 2.58 bits per heavy atom. The standard InChI is InChI=1S/C14H18N2O3/c1-16(9-10-5-7-15-8-6-10)13(17)11-3-2-4-12(11)14(18)19/h5-8,11-12H,2-4,9H2,1H3,(H,18,19)/t11-,12+/m1/s1. The molecule has 1 aromatic heterocycles. The molecule has 0 aliphatic heterocycles. The highest BCUT2D eigenvalue weighted by Crippen LogP contribution is 2.33. The minimum Gasteiger partial charge on any atom is -0.481 e. The average molecular weight is 262 g/mol. The summed E-state index contributed by atoms with van der Waals surface area (Å²) < 4.78 is 0. The molecule has 2 rings (SSSR count). The molecule has 1 saturated carbocycles. The van der Waals surface area contributed by atoms with Crippen LogP contribution in [0.1, 0.15) is 24.8 Å². The second-order valence-corrected chi connectivity index (χ2v) is 5.03. The first-order chi connectivity index (χ1) is 9.09. The van der Waals surface area contributed by atoms with Crippen LogP contribution in [0.15, 0.2) is 24.5 Å². The Balaban J connectivity index is 2.01. The molecule has 1 fully saturated rings. The van der Waals surface area contributed by atoms with Gasteiger partial charge in [-0.15, -0.1) is 0 Å². The number of carboxylic acid groups (broad SMARTS) is 1. The van der Waals surface area contributed by atoms with Gasteiger partial charge >= 0.3 is 5.97 Å². The number of amides is 1. The summed E-state index contributed by atoms with van der Waals surface area (Å²) in [6.07, 6.45) is 5.47. The van der Waals surface area contributed by atoms with Gasteiger partial charge in [0.05, 0.1) is 11.8 Å². The van der Waals surface area contributed by atoms with Crippen LogP contribution in [-0.4, -0.2) is 33.9 Å². The zero-order chi connectivity index (χ0) is 13.8. The molecule has 1 heterocycles. The minimum absolute atomic E-state index is 0.0679. The van der Waals surface area contributed by atoms with Crippen LogP contribution < -0.4 is 0 Å². The van der Waals surface area contributed by atoms with E-state index in [9.17, 15) is 9.59 Å².